The molecule has 0 amide bonds. The van der Waals surface area contributed by atoms with Crippen molar-refractivity contribution in [1.82, 2.24) is 0 Å². The number of nitrogens with two attached hydrogens (primary N) is 1. The van der Waals surface area contributed by atoms with Crippen LogP contribution >= 0.6 is 0 Å². The lowest BCUT2D eigenvalue weighted by atomic mass is 10.1. The predicted molar refractivity (Wildman–Crippen MR) is 67.2 cm³/mol. The van der Waals surface area contributed by atoms with Crippen molar-refractivity contribution in [2.24, 2.45) is 0 Å². The van der Waals surface area contributed by atoms with Crippen molar-refractivity contribution in [3.63, 3.8) is 0 Å². The van der Waals surface area contributed by atoms with Gasteiger partial charge in [0.1, 0.15) is 0 Å². The number of para-hydroxylation sites is 1. The van der Waals surface area contributed by atoms with Crippen molar-refractivity contribution in [2.45, 2.75) is 13.1 Å². The van der Waals surface area contributed by atoms with Gasteiger partial charge in [-0.1, -0.05) is 30.3 Å². The van der Waals surface area contributed by atoms with Crippen LogP contribution in [0.4, 0.5) is 11.4 Å². The summed E-state index contributed by atoms with van der Waals surface area (Å²) in [7, 11) is 0. The van der Waals surface area contributed by atoms with E-state index in [1.165, 1.54) is 16.8 Å². The van der Waals surface area contributed by atoms with Crippen LogP contribution in [0, 0.1) is 0 Å². The van der Waals surface area contributed by atoms with Gasteiger partial charge < -0.3 is 10.6 Å². The first kappa shape index (κ1) is 9.28. The van der Waals surface area contributed by atoms with Crippen molar-refractivity contribution < 1.29 is 0 Å². The van der Waals surface area contributed by atoms with Crippen molar-refractivity contribution in [1.29, 1.82) is 0 Å². The lowest BCUT2D eigenvalue weighted by molar-refractivity contribution is 0.881. The van der Waals surface area contributed by atoms with Gasteiger partial charge in [-0.05, 0) is 29.3 Å². The number of hydrogen-bond acceptors (Lipinski definition) is 2. The minimum absolute atomic E-state index is 0.913. The van der Waals surface area contributed by atoms with E-state index in [2.05, 4.69) is 35.2 Å². The number of fused-ring (bicyclic) bond motifs is 1. The first-order valence-corrected chi connectivity index (χ1v) is 5.51. The third-order valence-electron chi connectivity index (χ3n) is 3.14. The molecule has 1 heterocycles. The lowest BCUT2D eigenvalue weighted by Crippen LogP contribution is -2.14. The highest BCUT2D eigenvalue weighted by molar-refractivity contribution is 5.59. The van der Waals surface area contributed by atoms with Crippen LogP contribution in [0.2, 0.25) is 0 Å². The zero-order chi connectivity index (χ0) is 11.0. The van der Waals surface area contributed by atoms with E-state index in [4.69, 9.17) is 5.73 Å². The third kappa shape index (κ3) is 1.43. The molecular formula is C14H14N2. The third-order valence-corrected chi connectivity index (χ3v) is 3.14. The highest BCUT2D eigenvalue weighted by Gasteiger charge is 2.20. The fourth-order valence-electron chi connectivity index (χ4n) is 2.27. The van der Waals surface area contributed by atoms with Crippen LogP contribution in [-0.4, -0.2) is 0 Å². The lowest BCUT2D eigenvalue weighted by Gasteiger charge is -2.17. The van der Waals surface area contributed by atoms with Crippen molar-refractivity contribution in [3.05, 3.63) is 59.7 Å². The smallest absolute Gasteiger partial charge is 0.0457 e. The molecule has 2 aromatic carbocycles. The van der Waals surface area contributed by atoms with Gasteiger partial charge in [0.15, 0.2) is 0 Å². The molecular weight excluding hydrogens is 196 g/mol. The second-order valence-corrected chi connectivity index (χ2v) is 4.18. The number of nitrogens with zero attached hydrogens (tertiary/aromatic N) is 1. The predicted octanol–water partition coefficient (Wildman–Crippen LogP) is 2.79. The molecule has 2 N–H and O–H groups in total. The Morgan fingerprint density at radius 1 is 0.875 bits per heavy atom. The summed E-state index contributed by atoms with van der Waals surface area (Å²) < 4.78 is 0. The summed E-state index contributed by atoms with van der Waals surface area (Å²) in [6, 6.07) is 16.6. The second-order valence-electron chi connectivity index (χ2n) is 4.18. The van der Waals surface area contributed by atoms with Gasteiger partial charge in [-0.2, -0.15) is 0 Å². The van der Waals surface area contributed by atoms with Gasteiger partial charge in [-0.15, -0.1) is 0 Å². The average Bonchev–Trinajstić information content (AvgIpc) is 2.76. The normalized spacial score (nSPS) is 13.9. The molecule has 0 spiro atoms. The standard InChI is InChI=1S/C14H14N2/c15-14-8-4-5-11-9-16(10-13(11)14)12-6-2-1-3-7-12/h1-8H,9-10,15H2. The van der Waals surface area contributed by atoms with Gasteiger partial charge in [0.2, 0.25) is 0 Å². The molecule has 1 aliphatic heterocycles. The molecule has 16 heavy (non-hydrogen) atoms. The molecule has 0 aromatic heterocycles. The topological polar surface area (TPSA) is 29.3 Å². The Bertz CT molecular complexity index is 505. The largest absolute Gasteiger partial charge is 0.398 e. The van der Waals surface area contributed by atoms with E-state index in [9.17, 15) is 0 Å². The monoisotopic (exact) mass is 210 g/mol. The van der Waals surface area contributed by atoms with E-state index in [0.29, 0.717) is 0 Å². The van der Waals surface area contributed by atoms with E-state index in [1.54, 1.807) is 0 Å². The summed E-state index contributed by atoms with van der Waals surface area (Å²) in [5.74, 6) is 0. The molecule has 0 atom stereocenters. The molecule has 1 aliphatic rings. The maximum absolute atomic E-state index is 5.99. The van der Waals surface area contributed by atoms with E-state index in [0.717, 1.165) is 18.8 Å². The molecule has 2 nitrogen and oxygen atoms in total. The van der Waals surface area contributed by atoms with E-state index in [-0.39, 0.29) is 0 Å². The number of anilines is 2. The van der Waals surface area contributed by atoms with Gasteiger partial charge in [0.05, 0.1) is 0 Å². The Balaban J connectivity index is 1.94. The molecule has 2 aromatic rings. The Morgan fingerprint density at radius 3 is 2.44 bits per heavy atom. The molecule has 0 fully saturated rings. The molecule has 0 saturated heterocycles. The zero-order valence-corrected chi connectivity index (χ0v) is 9.06. The highest BCUT2D eigenvalue weighted by Crippen LogP contribution is 2.30. The van der Waals surface area contributed by atoms with Crippen LogP contribution in [-0.2, 0) is 13.1 Å². The summed E-state index contributed by atoms with van der Waals surface area (Å²) in [4.78, 5) is 2.35. The van der Waals surface area contributed by atoms with E-state index < -0.39 is 0 Å². The van der Waals surface area contributed by atoms with Crippen molar-refractivity contribution in [2.75, 3.05) is 10.6 Å². The number of benzene rings is 2. The van der Waals surface area contributed by atoms with Crippen molar-refractivity contribution >= 4 is 11.4 Å². The van der Waals surface area contributed by atoms with Gasteiger partial charge in [-0.3, -0.25) is 0 Å². The van der Waals surface area contributed by atoms with Crippen LogP contribution in [0.15, 0.2) is 48.5 Å². The number of hydrogen-bond donors (Lipinski definition) is 1. The van der Waals surface area contributed by atoms with Gasteiger partial charge >= 0.3 is 0 Å². The maximum atomic E-state index is 5.99. The van der Waals surface area contributed by atoms with E-state index >= 15 is 0 Å². The van der Waals surface area contributed by atoms with Crippen LogP contribution in [0.3, 0.4) is 0 Å². The first-order valence-electron chi connectivity index (χ1n) is 5.51. The van der Waals surface area contributed by atoms with E-state index in [1.807, 2.05) is 18.2 Å². The summed E-state index contributed by atoms with van der Waals surface area (Å²) >= 11 is 0. The van der Waals surface area contributed by atoms with Crippen LogP contribution in [0.1, 0.15) is 11.1 Å². The Labute approximate surface area is 95.3 Å². The highest BCUT2D eigenvalue weighted by atomic mass is 15.1. The molecule has 0 saturated carbocycles. The molecule has 3 rings (SSSR count). The van der Waals surface area contributed by atoms with Gasteiger partial charge in [-0.25, -0.2) is 0 Å². The molecule has 0 radical (unpaired) electrons. The molecule has 0 aliphatic carbocycles. The maximum Gasteiger partial charge on any atom is 0.0457 e. The summed E-state index contributed by atoms with van der Waals surface area (Å²) in [5, 5.41) is 0. The quantitative estimate of drug-likeness (QED) is 0.733. The minimum Gasteiger partial charge on any atom is -0.398 e. The molecule has 2 heteroatoms. The fraction of sp³-hybridized carbons (Fsp3) is 0.143. The first-order chi connectivity index (χ1) is 7.84. The van der Waals surface area contributed by atoms with Gasteiger partial charge in [0.25, 0.3) is 0 Å². The SMILES string of the molecule is Nc1cccc2c1CN(c1ccccc1)C2. The van der Waals surface area contributed by atoms with Crippen LogP contribution in [0.5, 0.6) is 0 Å². The van der Waals surface area contributed by atoms with Crippen LogP contribution < -0.4 is 10.6 Å². The second kappa shape index (κ2) is 3.56. The Hall–Kier alpha value is -1.96. The molecule has 80 valence electrons. The zero-order valence-electron chi connectivity index (χ0n) is 9.06. The Morgan fingerprint density at radius 2 is 1.69 bits per heavy atom. The number of rotatable bonds is 1. The molecule has 0 unspecified atom stereocenters. The number of nitrogen functional groups attached to an aromatic ring is 1. The minimum atomic E-state index is 0.913. The fourth-order valence-corrected chi connectivity index (χ4v) is 2.27. The summed E-state index contributed by atoms with van der Waals surface area (Å²) in [6.07, 6.45) is 0. The summed E-state index contributed by atoms with van der Waals surface area (Å²) in [6.45, 7) is 1.89. The molecule has 0 bridgehead atoms. The average molecular weight is 210 g/mol. The van der Waals surface area contributed by atoms with Gasteiger partial charge in [0, 0.05) is 24.5 Å². The summed E-state index contributed by atoms with van der Waals surface area (Å²) in [5.41, 5.74) is 10.8. The van der Waals surface area contributed by atoms with Crippen LogP contribution in [0.25, 0.3) is 0 Å². The Kier molecular flexibility index (Phi) is 2.07. The van der Waals surface area contributed by atoms with Crippen molar-refractivity contribution in [3.8, 4) is 0 Å².